The molecule has 2 aromatic heterocycles. The van der Waals surface area contributed by atoms with Gasteiger partial charge in [-0.05, 0) is 68.7 Å². The molecule has 0 aliphatic heterocycles. The minimum atomic E-state index is -0.436. The molecule has 0 saturated carbocycles. The normalized spacial score (nSPS) is 11.6. The second-order valence-corrected chi connectivity index (χ2v) is 7.71. The predicted octanol–water partition coefficient (Wildman–Crippen LogP) is 6.62. The molecule has 0 atom stereocenters. The van der Waals surface area contributed by atoms with E-state index in [4.69, 9.17) is 13.6 Å². The molecule has 29 heavy (non-hydrogen) atoms. The van der Waals surface area contributed by atoms with Gasteiger partial charge in [-0.2, -0.15) is 0 Å². The van der Waals surface area contributed by atoms with Gasteiger partial charge in [-0.1, -0.05) is 48.5 Å². The largest absolute Gasteiger partial charge is 0.489 e. The fourth-order valence-electron chi connectivity index (χ4n) is 3.66. The number of rotatable bonds is 7. The van der Waals surface area contributed by atoms with Crippen LogP contribution in [0.15, 0.2) is 87.7 Å². The van der Waals surface area contributed by atoms with E-state index in [0.29, 0.717) is 13.0 Å². The van der Waals surface area contributed by atoms with Crippen LogP contribution in [0.25, 0.3) is 0 Å². The highest BCUT2D eigenvalue weighted by Gasteiger charge is 2.36. The summed E-state index contributed by atoms with van der Waals surface area (Å²) in [4.78, 5) is 0. The lowest BCUT2D eigenvalue weighted by molar-refractivity contribution is 0.294. The van der Waals surface area contributed by atoms with Crippen molar-refractivity contribution in [3.8, 4) is 5.75 Å². The van der Waals surface area contributed by atoms with E-state index >= 15 is 0 Å². The topological polar surface area (TPSA) is 35.5 Å². The van der Waals surface area contributed by atoms with Gasteiger partial charge in [-0.25, -0.2) is 0 Å². The second kappa shape index (κ2) is 8.04. The maximum Gasteiger partial charge on any atom is 0.123 e. The molecule has 0 amide bonds. The Hall–Kier alpha value is -3.20. The molecule has 4 rings (SSSR count). The van der Waals surface area contributed by atoms with Gasteiger partial charge >= 0.3 is 0 Å². The summed E-state index contributed by atoms with van der Waals surface area (Å²) in [7, 11) is 0. The lowest BCUT2D eigenvalue weighted by atomic mass is 9.79. The van der Waals surface area contributed by atoms with Crippen LogP contribution >= 0.6 is 0 Å². The SMILES string of the molecule is Cc1ccc(C(C)(Cc2ccccc2OCc2ccccc2)c2ccc(C)o2)o1. The molecule has 0 spiro atoms. The third-order valence-electron chi connectivity index (χ3n) is 5.32. The van der Waals surface area contributed by atoms with E-state index in [1.54, 1.807) is 0 Å². The molecule has 4 aromatic rings. The summed E-state index contributed by atoms with van der Waals surface area (Å²) in [5.41, 5.74) is 1.83. The van der Waals surface area contributed by atoms with Gasteiger partial charge in [0.1, 0.15) is 35.4 Å². The summed E-state index contributed by atoms with van der Waals surface area (Å²) in [6.07, 6.45) is 0.706. The van der Waals surface area contributed by atoms with Gasteiger partial charge in [0.15, 0.2) is 0 Å². The Morgan fingerprint density at radius 2 is 1.31 bits per heavy atom. The number of ether oxygens (including phenoxy) is 1. The van der Waals surface area contributed by atoms with E-state index < -0.39 is 5.41 Å². The lowest BCUT2D eigenvalue weighted by Crippen LogP contribution is -2.26. The zero-order valence-electron chi connectivity index (χ0n) is 17.1. The van der Waals surface area contributed by atoms with Crippen molar-refractivity contribution >= 4 is 0 Å². The Morgan fingerprint density at radius 3 is 1.90 bits per heavy atom. The van der Waals surface area contributed by atoms with Crippen LogP contribution in [0.5, 0.6) is 5.75 Å². The minimum absolute atomic E-state index is 0.436. The van der Waals surface area contributed by atoms with Crippen molar-refractivity contribution < 1.29 is 13.6 Å². The quantitative estimate of drug-likeness (QED) is 0.358. The summed E-state index contributed by atoms with van der Waals surface area (Å²) in [5.74, 6) is 4.45. The van der Waals surface area contributed by atoms with Crippen molar-refractivity contribution in [2.24, 2.45) is 0 Å². The van der Waals surface area contributed by atoms with Crippen molar-refractivity contribution in [1.29, 1.82) is 0 Å². The van der Waals surface area contributed by atoms with Gasteiger partial charge in [-0.3, -0.25) is 0 Å². The Bertz CT molecular complexity index is 1030. The molecule has 0 N–H and O–H groups in total. The van der Waals surface area contributed by atoms with Crippen molar-refractivity contribution in [2.75, 3.05) is 0 Å². The third kappa shape index (κ3) is 4.14. The fourth-order valence-corrected chi connectivity index (χ4v) is 3.66. The molecule has 3 heteroatoms. The van der Waals surface area contributed by atoms with Gasteiger partial charge in [-0.15, -0.1) is 0 Å². The first kappa shape index (κ1) is 19.1. The molecule has 3 nitrogen and oxygen atoms in total. The lowest BCUT2D eigenvalue weighted by Gasteiger charge is -2.26. The molecular formula is C26H26O3. The number of para-hydroxylation sites is 1. The summed E-state index contributed by atoms with van der Waals surface area (Å²) in [6, 6.07) is 26.5. The molecule has 0 aliphatic rings. The van der Waals surface area contributed by atoms with Crippen LogP contribution in [0, 0.1) is 13.8 Å². The van der Waals surface area contributed by atoms with Gasteiger partial charge in [0.25, 0.3) is 0 Å². The van der Waals surface area contributed by atoms with E-state index in [-0.39, 0.29) is 0 Å². The molecule has 2 aromatic carbocycles. The number of aryl methyl sites for hydroxylation is 2. The van der Waals surface area contributed by atoms with Crippen molar-refractivity contribution in [3.63, 3.8) is 0 Å². The second-order valence-electron chi connectivity index (χ2n) is 7.71. The number of hydrogen-bond acceptors (Lipinski definition) is 3. The van der Waals surface area contributed by atoms with Crippen molar-refractivity contribution in [1.82, 2.24) is 0 Å². The Kier molecular flexibility index (Phi) is 5.30. The standard InChI is InChI=1S/C26H26O3/c1-19-13-15-24(28-19)26(3,25-16-14-20(2)29-25)17-22-11-7-8-12-23(22)27-18-21-9-5-4-6-10-21/h4-16H,17-18H2,1-3H3. The van der Waals surface area contributed by atoms with Gasteiger partial charge in [0.05, 0.1) is 5.41 Å². The molecule has 2 heterocycles. The Labute approximate surface area is 171 Å². The maximum absolute atomic E-state index is 6.19. The van der Waals surface area contributed by atoms with Gasteiger partial charge < -0.3 is 13.6 Å². The highest BCUT2D eigenvalue weighted by molar-refractivity contribution is 5.39. The van der Waals surface area contributed by atoms with Crippen LogP contribution < -0.4 is 4.74 Å². The molecule has 0 radical (unpaired) electrons. The van der Waals surface area contributed by atoms with Crippen LogP contribution in [0.4, 0.5) is 0 Å². The van der Waals surface area contributed by atoms with E-state index in [1.807, 2.05) is 74.5 Å². The van der Waals surface area contributed by atoms with Crippen LogP contribution in [0.2, 0.25) is 0 Å². The van der Waals surface area contributed by atoms with E-state index in [2.05, 4.69) is 25.1 Å². The van der Waals surface area contributed by atoms with Crippen LogP contribution in [-0.2, 0) is 18.4 Å². The first-order valence-corrected chi connectivity index (χ1v) is 9.93. The van der Waals surface area contributed by atoms with Crippen LogP contribution in [0.1, 0.15) is 41.1 Å². The molecule has 0 fully saturated rings. The minimum Gasteiger partial charge on any atom is -0.489 e. The molecular weight excluding hydrogens is 360 g/mol. The fraction of sp³-hybridized carbons (Fsp3) is 0.231. The van der Waals surface area contributed by atoms with Crippen molar-refractivity contribution in [2.45, 2.75) is 39.2 Å². The van der Waals surface area contributed by atoms with Gasteiger partial charge in [0, 0.05) is 0 Å². The number of furan rings is 2. The maximum atomic E-state index is 6.19. The predicted molar refractivity (Wildman–Crippen MR) is 114 cm³/mol. The molecule has 0 unspecified atom stereocenters. The monoisotopic (exact) mass is 386 g/mol. The van der Waals surface area contributed by atoms with E-state index in [9.17, 15) is 0 Å². The third-order valence-corrected chi connectivity index (χ3v) is 5.32. The van der Waals surface area contributed by atoms with Crippen molar-refractivity contribution in [3.05, 3.63) is 113 Å². The Balaban J connectivity index is 1.66. The summed E-state index contributed by atoms with van der Waals surface area (Å²) in [6.45, 7) is 6.63. The zero-order valence-corrected chi connectivity index (χ0v) is 17.1. The summed E-state index contributed by atoms with van der Waals surface area (Å²) in [5, 5.41) is 0. The first-order valence-electron chi connectivity index (χ1n) is 9.93. The smallest absolute Gasteiger partial charge is 0.123 e. The average Bonchev–Trinajstić information content (AvgIpc) is 3.37. The number of hydrogen-bond donors (Lipinski definition) is 0. The number of benzene rings is 2. The molecule has 0 bridgehead atoms. The summed E-state index contributed by atoms with van der Waals surface area (Å²) >= 11 is 0. The zero-order chi connectivity index (χ0) is 20.3. The van der Waals surface area contributed by atoms with Gasteiger partial charge in [0.2, 0.25) is 0 Å². The highest BCUT2D eigenvalue weighted by Crippen LogP contribution is 2.39. The summed E-state index contributed by atoms with van der Waals surface area (Å²) < 4.78 is 18.3. The Morgan fingerprint density at radius 1 is 0.724 bits per heavy atom. The molecule has 0 aliphatic carbocycles. The molecule has 148 valence electrons. The average molecular weight is 386 g/mol. The van der Waals surface area contributed by atoms with Crippen LogP contribution in [0.3, 0.4) is 0 Å². The van der Waals surface area contributed by atoms with E-state index in [0.717, 1.165) is 39.9 Å². The van der Waals surface area contributed by atoms with Crippen LogP contribution in [-0.4, -0.2) is 0 Å². The molecule has 0 saturated heterocycles. The highest BCUT2D eigenvalue weighted by atomic mass is 16.5. The van der Waals surface area contributed by atoms with E-state index in [1.165, 1.54) is 0 Å². The first-order chi connectivity index (χ1) is 14.0.